The van der Waals surface area contributed by atoms with E-state index in [9.17, 15) is 4.79 Å². The lowest BCUT2D eigenvalue weighted by molar-refractivity contribution is 0.191. The lowest BCUT2D eigenvalue weighted by Gasteiger charge is -2.20. The SMILES string of the molecule is COc1cc(C=Nn2c(-c3cc4ccccc4o3)nc3ccccc3c2=O)ccc1OCC(C)(C)C. The molecule has 0 spiro atoms. The van der Waals surface area contributed by atoms with Crippen molar-refractivity contribution in [2.45, 2.75) is 20.8 Å². The van der Waals surface area contributed by atoms with E-state index in [1.807, 2.05) is 60.7 Å². The Labute approximate surface area is 208 Å². The number of fused-ring (bicyclic) bond motifs is 2. The number of furan rings is 1. The van der Waals surface area contributed by atoms with Crippen molar-refractivity contribution in [2.24, 2.45) is 10.5 Å². The number of hydrogen-bond acceptors (Lipinski definition) is 6. The molecule has 0 radical (unpaired) electrons. The van der Waals surface area contributed by atoms with E-state index < -0.39 is 0 Å². The number of rotatable bonds is 6. The second kappa shape index (κ2) is 9.34. The predicted molar refractivity (Wildman–Crippen MR) is 142 cm³/mol. The summed E-state index contributed by atoms with van der Waals surface area (Å²) in [5, 5.41) is 5.91. The Morgan fingerprint density at radius 1 is 1.00 bits per heavy atom. The highest BCUT2D eigenvalue weighted by molar-refractivity contribution is 5.85. The summed E-state index contributed by atoms with van der Waals surface area (Å²) in [5.74, 6) is 2.02. The normalized spacial score (nSPS) is 12.0. The molecule has 0 saturated carbocycles. The van der Waals surface area contributed by atoms with Crippen LogP contribution in [-0.4, -0.2) is 29.6 Å². The van der Waals surface area contributed by atoms with Gasteiger partial charge >= 0.3 is 0 Å². The second-order valence-corrected chi connectivity index (χ2v) is 9.72. The predicted octanol–water partition coefficient (Wildman–Crippen LogP) is 6.13. The number of ether oxygens (including phenoxy) is 2. The fourth-order valence-electron chi connectivity index (χ4n) is 3.78. The third kappa shape index (κ3) is 4.73. The molecule has 5 aromatic rings. The Hall–Kier alpha value is -4.39. The Bertz CT molecular complexity index is 1610. The summed E-state index contributed by atoms with van der Waals surface area (Å²) in [4.78, 5) is 18.2. The Balaban J connectivity index is 1.58. The molecule has 5 rings (SSSR count). The third-order valence-electron chi connectivity index (χ3n) is 5.57. The van der Waals surface area contributed by atoms with Gasteiger partial charge in [0.1, 0.15) is 5.58 Å². The van der Waals surface area contributed by atoms with Gasteiger partial charge in [-0.1, -0.05) is 51.1 Å². The van der Waals surface area contributed by atoms with E-state index in [1.165, 1.54) is 4.68 Å². The van der Waals surface area contributed by atoms with Crippen LogP contribution in [0.25, 0.3) is 33.5 Å². The van der Waals surface area contributed by atoms with Crippen LogP contribution in [0.1, 0.15) is 26.3 Å². The molecule has 2 heterocycles. The van der Waals surface area contributed by atoms with Gasteiger partial charge in [0, 0.05) is 5.39 Å². The van der Waals surface area contributed by atoms with Crippen LogP contribution in [0.5, 0.6) is 11.5 Å². The zero-order valence-electron chi connectivity index (χ0n) is 20.7. The Kier molecular flexibility index (Phi) is 6.06. The van der Waals surface area contributed by atoms with E-state index in [2.05, 4.69) is 25.9 Å². The molecule has 0 aliphatic rings. The lowest BCUT2D eigenvalue weighted by Crippen LogP contribution is -2.20. The largest absolute Gasteiger partial charge is 0.493 e. The van der Waals surface area contributed by atoms with E-state index in [4.69, 9.17) is 18.9 Å². The van der Waals surface area contributed by atoms with Crippen molar-refractivity contribution in [3.8, 4) is 23.1 Å². The van der Waals surface area contributed by atoms with E-state index in [-0.39, 0.29) is 11.0 Å². The van der Waals surface area contributed by atoms with Crippen molar-refractivity contribution < 1.29 is 13.9 Å². The molecule has 0 saturated heterocycles. The van der Waals surface area contributed by atoms with Gasteiger partial charge in [0.2, 0.25) is 5.82 Å². The van der Waals surface area contributed by atoms with Crippen LogP contribution in [0.3, 0.4) is 0 Å². The Morgan fingerprint density at radius 3 is 2.56 bits per heavy atom. The van der Waals surface area contributed by atoms with E-state index >= 15 is 0 Å². The summed E-state index contributed by atoms with van der Waals surface area (Å²) in [6.07, 6.45) is 1.60. The van der Waals surface area contributed by atoms with Crippen molar-refractivity contribution in [3.63, 3.8) is 0 Å². The minimum atomic E-state index is -0.288. The van der Waals surface area contributed by atoms with Gasteiger partial charge in [-0.2, -0.15) is 9.78 Å². The molecule has 182 valence electrons. The molecule has 7 nitrogen and oxygen atoms in total. The van der Waals surface area contributed by atoms with Gasteiger partial charge in [-0.3, -0.25) is 4.79 Å². The van der Waals surface area contributed by atoms with Gasteiger partial charge in [-0.25, -0.2) is 4.98 Å². The van der Waals surface area contributed by atoms with Gasteiger partial charge in [0.25, 0.3) is 5.56 Å². The van der Waals surface area contributed by atoms with Crippen molar-refractivity contribution in [1.82, 2.24) is 9.66 Å². The van der Waals surface area contributed by atoms with Crippen molar-refractivity contribution in [1.29, 1.82) is 0 Å². The van der Waals surface area contributed by atoms with Crippen LogP contribution in [0.15, 0.2) is 87.1 Å². The van der Waals surface area contributed by atoms with Crippen LogP contribution >= 0.6 is 0 Å². The summed E-state index contributed by atoms with van der Waals surface area (Å²) in [7, 11) is 1.59. The van der Waals surface area contributed by atoms with E-state index in [1.54, 1.807) is 25.5 Å². The highest BCUT2D eigenvalue weighted by Crippen LogP contribution is 2.30. The fourth-order valence-corrected chi connectivity index (χ4v) is 3.78. The molecule has 36 heavy (non-hydrogen) atoms. The first-order valence-electron chi connectivity index (χ1n) is 11.7. The number of methoxy groups -OCH3 is 1. The summed E-state index contributed by atoms with van der Waals surface area (Å²) in [6.45, 7) is 6.87. The zero-order chi connectivity index (χ0) is 25.3. The highest BCUT2D eigenvalue weighted by Gasteiger charge is 2.17. The fraction of sp³-hybridized carbons (Fsp3) is 0.207. The average Bonchev–Trinajstić information content (AvgIpc) is 3.31. The molecular formula is C29H27N3O4. The summed E-state index contributed by atoms with van der Waals surface area (Å²) < 4.78 is 18.8. The first-order valence-corrected chi connectivity index (χ1v) is 11.7. The van der Waals surface area contributed by atoms with Gasteiger partial charge in [0.05, 0.1) is 30.8 Å². The molecule has 7 heteroatoms. The number of nitrogens with zero attached hydrogens (tertiary/aromatic N) is 3. The van der Waals surface area contributed by atoms with Crippen molar-refractivity contribution in [3.05, 3.63) is 88.7 Å². The molecular weight excluding hydrogens is 454 g/mol. The maximum Gasteiger partial charge on any atom is 0.282 e. The number of para-hydroxylation sites is 2. The van der Waals surface area contributed by atoms with Crippen LogP contribution < -0.4 is 15.0 Å². The van der Waals surface area contributed by atoms with Crippen LogP contribution in [0.2, 0.25) is 0 Å². The molecule has 2 aromatic heterocycles. The zero-order valence-corrected chi connectivity index (χ0v) is 20.7. The molecule has 0 bridgehead atoms. The number of benzene rings is 3. The third-order valence-corrected chi connectivity index (χ3v) is 5.57. The number of hydrogen-bond donors (Lipinski definition) is 0. The van der Waals surface area contributed by atoms with Crippen LogP contribution in [-0.2, 0) is 0 Å². The first-order chi connectivity index (χ1) is 17.3. The van der Waals surface area contributed by atoms with Gasteiger partial charge in [-0.15, -0.1) is 0 Å². The van der Waals surface area contributed by atoms with Crippen molar-refractivity contribution >= 4 is 28.1 Å². The minimum absolute atomic E-state index is 0.0163. The van der Waals surface area contributed by atoms with Crippen LogP contribution in [0, 0.1) is 5.41 Å². The average molecular weight is 482 g/mol. The highest BCUT2D eigenvalue weighted by atomic mass is 16.5. The van der Waals surface area contributed by atoms with Crippen molar-refractivity contribution in [2.75, 3.05) is 13.7 Å². The first kappa shape index (κ1) is 23.4. The van der Waals surface area contributed by atoms with Gasteiger partial charge in [0.15, 0.2) is 17.3 Å². The molecule has 0 unspecified atom stereocenters. The lowest BCUT2D eigenvalue weighted by atomic mass is 9.99. The molecule has 0 N–H and O–H groups in total. The van der Waals surface area contributed by atoms with E-state index in [0.29, 0.717) is 46.2 Å². The molecule has 3 aromatic carbocycles. The molecule has 0 amide bonds. The summed E-state index contributed by atoms with van der Waals surface area (Å²) >= 11 is 0. The molecule has 0 aliphatic carbocycles. The minimum Gasteiger partial charge on any atom is -0.493 e. The topological polar surface area (TPSA) is 78.9 Å². The standard InChI is InChI=1S/C29H27N3O4/c1-29(2,3)18-35-24-14-13-19(15-25(24)34-4)17-30-32-27(26-16-20-9-5-8-12-23(20)36-26)31-22-11-7-6-10-21(22)28(32)33/h5-17H,18H2,1-4H3. The quantitative estimate of drug-likeness (QED) is 0.273. The molecule has 0 fully saturated rings. The maximum atomic E-state index is 13.4. The second-order valence-electron chi connectivity index (χ2n) is 9.72. The molecule has 0 atom stereocenters. The summed E-state index contributed by atoms with van der Waals surface area (Å²) in [5.41, 5.74) is 1.75. The smallest absolute Gasteiger partial charge is 0.282 e. The van der Waals surface area contributed by atoms with Crippen LogP contribution in [0.4, 0.5) is 0 Å². The van der Waals surface area contributed by atoms with Gasteiger partial charge < -0.3 is 13.9 Å². The number of aromatic nitrogens is 2. The maximum absolute atomic E-state index is 13.4. The summed E-state index contributed by atoms with van der Waals surface area (Å²) in [6, 6.07) is 22.2. The molecule has 0 aliphatic heterocycles. The Morgan fingerprint density at radius 2 is 1.78 bits per heavy atom. The monoisotopic (exact) mass is 481 g/mol. The van der Waals surface area contributed by atoms with E-state index in [0.717, 1.165) is 10.9 Å². The van der Waals surface area contributed by atoms with Gasteiger partial charge in [-0.05, 0) is 53.4 Å².